The van der Waals surface area contributed by atoms with Gasteiger partial charge in [-0.05, 0) is 48.6 Å². The van der Waals surface area contributed by atoms with Crippen molar-refractivity contribution in [2.24, 2.45) is 0 Å². The Kier molecular flexibility index (Phi) is 5.87. The van der Waals surface area contributed by atoms with Crippen molar-refractivity contribution in [3.63, 3.8) is 0 Å². The molecule has 0 unspecified atom stereocenters. The van der Waals surface area contributed by atoms with E-state index in [-0.39, 0.29) is 18.0 Å². The first-order valence-corrected chi connectivity index (χ1v) is 9.09. The number of rotatable bonds is 4. The summed E-state index contributed by atoms with van der Waals surface area (Å²) in [5.74, 6) is -2.30. The van der Waals surface area contributed by atoms with Gasteiger partial charge in [0.25, 0.3) is 0 Å². The van der Waals surface area contributed by atoms with Gasteiger partial charge >= 0.3 is 12.1 Å². The normalized spacial score (nSPS) is 13.4. The summed E-state index contributed by atoms with van der Waals surface area (Å²) in [6.45, 7) is 0.373. The van der Waals surface area contributed by atoms with Crippen LogP contribution in [0.3, 0.4) is 0 Å². The van der Waals surface area contributed by atoms with Crippen LogP contribution in [0.15, 0.2) is 42.5 Å². The topological polar surface area (TPSA) is 73.2 Å². The van der Waals surface area contributed by atoms with Crippen molar-refractivity contribution in [2.45, 2.75) is 31.9 Å². The third kappa shape index (κ3) is 4.74. The summed E-state index contributed by atoms with van der Waals surface area (Å²) in [6, 6.07) is 13.6. The second-order valence-corrected chi connectivity index (χ2v) is 6.72. The van der Waals surface area contributed by atoms with E-state index in [1.165, 1.54) is 11.0 Å². The third-order valence-corrected chi connectivity index (χ3v) is 4.73. The lowest BCUT2D eigenvalue weighted by atomic mass is 9.99. The van der Waals surface area contributed by atoms with Crippen molar-refractivity contribution in [3.05, 3.63) is 59.2 Å². The zero-order valence-electron chi connectivity index (χ0n) is 15.4. The average Bonchev–Trinajstić information content (AvgIpc) is 2.71. The molecule has 2 aromatic carbocycles. The SMILES string of the molecule is N#Cc1ccc(CCC(=O)N2CCCc3cccc(NC(=O)C(F)(F)F)c32)cc1. The highest BCUT2D eigenvalue weighted by Gasteiger charge is 2.39. The lowest BCUT2D eigenvalue weighted by Crippen LogP contribution is -2.37. The van der Waals surface area contributed by atoms with Crippen LogP contribution in [0.2, 0.25) is 0 Å². The fourth-order valence-electron chi connectivity index (χ4n) is 3.33. The molecule has 0 aliphatic carbocycles. The average molecular weight is 401 g/mol. The Hall–Kier alpha value is -3.34. The predicted molar refractivity (Wildman–Crippen MR) is 101 cm³/mol. The number of amides is 2. The molecule has 150 valence electrons. The zero-order chi connectivity index (χ0) is 21.0. The van der Waals surface area contributed by atoms with E-state index in [1.807, 2.05) is 11.4 Å². The summed E-state index contributed by atoms with van der Waals surface area (Å²) in [6.07, 6.45) is -3.11. The number of anilines is 2. The van der Waals surface area contributed by atoms with E-state index in [1.54, 1.807) is 36.4 Å². The minimum absolute atomic E-state index is 0.0174. The number of para-hydroxylation sites is 1. The van der Waals surface area contributed by atoms with Crippen molar-refractivity contribution in [1.82, 2.24) is 0 Å². The minimum atomic E-state index is -5.01. The van der Waals surface area contributed by atoms with Gasteiger partial charge in [-0.2, -0.15) is 18.4 Å². The summed E-state index contributed by atoms with van der Waals surface area (Å²) in [4.78, 5) is 25.7. The number of nitriles is 1. The van der Waals surface area contributed by atoms with Gasteiger partial charge in [0.15, 0.2) is 0 Å². The lowest BCUT2D eigenvalue weighted by Gasteiger charge is -2.31. The van der Waals surface area contributed by atoms with Gasteiger partial charge in [-0.3, -0.25) is 9.59 Å². The summed E-state index contributed by atoms with van der Waals surface area (Å²) in [7, 11) is 0. The molecule has 1 aliphatic rings. The van der Waals surface area contributed by atoms with Crippen LogP contribution in [0.4, 0.5) is 24.5 Å². The second-order valence-electron chi connectivity index (χ2n) is 6.72. The second kappa shape index (κ2) is 8.35. The van der Waals surface area contributed by atoms with E-state index >= 15 is 0 Å². The molecule has 0 spiro atoms. The summed E-state index contributed by atoms with van der Waals surface area (Å²) >= 11 is 0. The summed E-state index contributed by atoms with van der Waals surface area (Å²) in [5, 5.41) is 10.7. The smallest absolute Gasteiger partial charge is 0.316 e. The fourth-order valence-corrected chi connectivity index (χ4v) is 3.33. The van der Waals surface area contributed by atoms with Gasteiger partial charge in [0, 0.05) is 13.0 Å². The van der Waals surface area contributed by atoms with Crippen molar-refractivity contribution >= 4 is 23.2 Å². The number of hydrogen-bond acceptors (Lipinski definition) is 3. The number of carbonyl (C=O) groups excluding carboxylic acids is 2. The first-order valence-electron chi connectivity index (χ1n) is 9.09. The van der Waals surface area contributed by atoms with Crippen LogP contribution in [0, 0.1) is 11.3 Å². The largest absolute Gasteiger partial charge is 0.471 e. The molecule has 29 heavy (non-hydrogen) atoms. The molecule has 0 saturated heterocycles. The van der Waals surface area contributed by atoms with Crippen molar-refractivity contribution in [2.75, 3.05) is 16.8 Å². The van der Waals surface area contributed by atoms with E-state index in [2.05, 4.69) is 0 Å². The number of halogens is 3. The van der Waals surface area contributed by atoms with Crippen LogP contribution in [-0.4, -0.2) is 24.5 Å². The van der Waals surface area contributed by atoms with Crippen molar-refractivity contribution < 1.29 is 22.8 Å². The highest BCUT2D eigenvalue weighted by atomic mass is 19.4. The molecule has 2 aromatic rings. The van der Waals surface area contributed by atoms with Crippen molar-refractivity contribution in [3.8, 4) is 6.07 Å². The van der Waals surface area contributed by atoms with Gasteiger partial charge in [-0.25, -0.2) is 0 Å². The molecule has 1 heterocycles. The van der Waals surface area contributed by atoms with Gasteiger partial charge in [0.2, 0.25) is 5.91 Å². The molecular weight excluding hydrogens is 383 g/mol. The first kappa shape index (κ1) is 20.4. The maximum absolute atomic E-state index is 12.8. The maximum Gasteiger partial charge on any atom is 0.471 e. The molecule has 0 radical (unpaired) electrons. The van der Waals surface area contributed by atoms with Crippen LogP contribution in [0.25, 0.3) is 0 Å². The van der Waals surface area contributed by atoms with Crippen molar-refractivity contribution in [1.29, 1.82) is 5.26 Å². The van der Waals surface area contributed by atoms with E-state index in [4.69, 9.17) is 5.26 Å². The molecule has 3 rings (SSSR count). The number of fused-ring (bicyclic) bond motifs is 1. The Morgan fingerprint density at radius 3 is 2.52 bits per heavy atom. The summed E-state index contributed by atoms with van der Waals surface area (Å²) < 4.78 is 38.0. The van der Waals surface area contributed by atoms with Crippen LogP contribution >= 0.6 is 0 Å². The molecule has 0 atom stereocenters. The highest BCUT2D eigenvalue weighted by molar-refractivity contribution is 6.03. The molecule has 0 aromatic heterocycles. The molecule has 0 bridgehead atoms. The molecule has 5 nitrogen and oxygen atoms in total. The standard InChI is InChI=1S/C21H18F3N3O2/c22-21(23,24)20(29)26-17-5-1-3-16-4-2-12-27(19(16)17)18(28)11-10-14-6-8-15(13-25)9-7-14/h1,3,5-9H,2,4,10-12H2,(H,26,29). The molecule has 8 heteroatoms. The van der Waals surface area contributed by atoms with E-state index in [9.17, 15) is 22.8 Å². The molecule has 1 aliphatic heterocycles. The van der Waals surface area contributed by atoms with E-state index in [0.717, 1.165) is 11.1 Å². The van der Waals surface area contributed by atoms with Crippen LogP contribution in [0.5, 0.6) is 0 Å². The predicted octanol–water partition coefficient (Wildman–Crippen LogP) is 3.97. The Balaban J connectivity index is 1.78. The first-order chi connectivity index (χ1) is 13.8. The fraction of sp³-hybridized carbons (Fsp3) is 0.286. The monoisotopic (exact) mass is 401 g/mol. The van der Waals surface area contributed by atoms with E-state index in [0.29, 0.717) is 37.1 Å². The zero-order valence-corrected chi connectivity index (χ0v) is 15.4. The van der Waals surface area contributed by atoms with Gasteiger partial charge in [-0.1, -0.05) is 24.3 Å². The quantitative estimate of drug-likeness (QED) is 0.843. The molecule has 0 saturated carbocycles. The molecule has 1 N–H and O–H groups in total. The summed E-state index contributed by atoms with van der Waals surface area (Å²) in [5.41, 5.74) is 2.45. The van der Waals surface area contributed by atoms with E-state index < -0.39 is 12.1 Å². The molecular formula is C21H18F3N3O2. The maximum atomic E-state index is 12.8. The molecule has 2 amide bonds. The van der Waals surface area contributed by atoms with Gasteiger partial charge in [0.1, 0.15) is 0 Å². The van der Waals surface area contributed by atoms with Gasteiger partial charge in [0.05, 0.1) is 23.0 Å². The van der Waals surface area contributed by atoms with Crippen LogP contribution < -0.4 is 10.2 Å². The Morgan fingerprint density at radius 1 is 1.14 bits per heavy atom. The van der Waals surface area contributed by atoms with Crippen LogP contribution in [0.1, 0.15) is 29.5 Å². The number of aryl methyl sites for hydroxylation is 2. The van der Waals surface area contributed by atoms with Gasteiger partial charge in [-0.15, -0.1) is 0 Å². The Labute approximate surface area is 165 Å². The lowest BCUT2D eigenvalue weighted by molar-refractivity contribution is -0.167. The number of benzene rings is 2. The number of nitrogens with one attached hydrogen (secondary N) is 1. The highest BCUT2D eigenvalue weighted by Crippen LogP contribution is 2.36. The number of alkyl halides is 3. The Morgan fingerprint density at radius 2 is 1.86 bits per heavy atom. The van der Waals surface area contributed by atoms with Gasteiger partial charge < -0.3 is 10.2 Å². The minimum Gasteiger partial charge on any atom is -0.316 e. The number of nitrogens with zero attached hydrogens (tertiary/aromatic N) is 2. The molecule has 0 fully saturated rings. The van der Waals surface area contributed by atoms with Crippen LogP contribution in [-0.2, 0) is 22.4 Å². The number of hydrogen-bond donors (Lipinski definition) is 1. The number of carbonyl (C=O) groups is 2. The third-order valence-electron chi connectivity index (χ3n) is 4.73. The Bertz CT molecular complexity index is 963.